The molecule has 0 atom stereocenters. The Morgan fingerprint density at radius 2 is 1.58 bits per heavy atom. The summed E-state index contributed by atoms with van der Waals surface area (Å²) in [6.45, 7) is 2.00. The van der Waals surface area contributed by atoms with Gasteiger partial charge < -0.3 is 4.74 Å². The molecule has 1 aromatic rings. The number of hydrogen-bond donors (Lipinski definition) is 0. The summed E-state index contributed by atoms with van der Waals surface area (Å²) in [5.74, 6) is 0. The second-order valence-corrected chi connectivity index (χ2v) is 2.58. The molecule has 0 saturated carbocycles. The van der Waals surface area contributed by atoms with E-state index in [1.807, 2.05) is 0 Å². The van der Waals surface area contributed by atoms with Gasteiger partial charge in [0.2, 0.25) is 0 Å². The molecule has 2 heterocycles. The number of ether oxygens (including phenoxy) is 1. The third-order valence-corrected chi connectivity index (χ3v) is 1.55. The zero-order valence-corrected chi connectivity index (χ0v) is 7.15. The van der Waals surface area contributed by atoms with Crippen LogP contribution in [-0.4, -0.2) is 23.2 Å². The Morgan fingerprint density at radius 1 is 0.917 bits per heavy atom. The van der Waals surface area contributed by atoms with Crippen molar-refractivity contribution in [2.75, 3.05) is 13.2 Å². The molecular formula is C9H14N2O. The van der Waals surface area contributed by atoms with Gasteiger partial charge in [0.15, 0.2) is 0 Å². The SMILES string of the molecule is C1CCOCC1.c1cncnc1. The van der Waals surface area contributed by atoms with Crippen LogP contribution in [0.3, 0.4) is 0 Å². The summed E-state index contributed by atoms with van der Waals surface area (Å²) in [6, 6.07) is 1.78. The Morgan fingerprint density at radius 3 is 1.75 bits per heavy atom. The van der Waals surface area contributed by atoms with E-state index in [1.54, 1.807) is 18.5 Å². The molecule has 0 aliphatic carbocycles. The average Bonchev–Trinajstić information content (AvgIpc) is 2.24. The second kappa shape index (κ2) is 6.73. The highest BCUT2D eigenvalue weighted by atomic mass is 16.5. The molecule has 0 bridgehead atoms. The van der Waals surface area contributed by atoms with Gasteiger partial charge >= 0.3 is 0 Å². The van der Waals surface area contributed by atoms with Gasteiger partial charge in [-0.05, 0) is 25.3 Å². The molecule has 1 aromatic heterocycles. The molecule has 0 radical (unpaired) electrons. The first-order valence-corrected chi connectivity index (χ1v) is 4.28. The third kappa shape index (κ3) is 4.79. The minimum atomic E-state index is 1.00. The van der Waals surface area contributed by atoms with E-state index in [2.05, 4.69) is 9.97 Å². The summed E-state index contributed by atoms with van der Waals surface area (Å²) in [5.41, 5.74) is 0. The van der Waals surface area contributed by atoms with Crippen LogP contribution >= 0.6 is 0 Å². The Labute approximate surface area is 72.8 Å². The fraction of sp³-hybridized carbons (Fsp3) is 0.556. The Balaban J connectivity index is 0.000000120. The fourth-order valence-corrected chi connectivity index (χ4v) is 0.940. The molecule has 0 aromatic carbocycles. The van der Waals surface area contributed by atoms with E-state index >= 15 is 0 Å². The van der Waals surface area contributed by atoms with Crippen LogP contribution in [0.15, 0.2) is 24.8 Å². The molecular weight excluding hydrogens is 152 g/mol. The van der Waals surface area contributed by atoms with Crippen LogP contribution in [0.5, 0.6) is 0 Å². The maximum Gasteiger partial charge on any atom is 0.115 e. The first-order valence-electron chi connectivity index (χ1n) is 4.28. The lowest BCUT2D eigenvalue weighted by atomic mass is 10.2. The van der Waals surface area contributed by atoms with Gasteiger partial charge in [0.1, 0.15) is 6.33 Å². The molecule has 1 fully saturated rings. The Bertz CT molecular complexity index is 137. The summed E-state index contributed by atoms with van der Waals surface area (Å²) < 4.78 is 5.07. The van der Waals surface area contributed by atoms with E-state index in [9.17, 15) is 0 Å². The van der Waals surface area contributed by atoms with E-state index in [0.29, 0.717) is 0 Å². The van der Waals surface area contributed by atoms with E-state index in [0.717, 1.165) is 13.2 Å². The summed E-state index contributed by atoms with van der Waals surface area (Å²) in [5, 5.41) is 0. The molecule has 1 aliphatic heterocycles. The molecule has 2 rings (SSSR count). The maximum atomic E-state index is 5.07. The molecule has 66 valence electrons. The molecule has 0 N–H and O–H groups in total. The van der Waals surface area contributed by atoms with Gasteiger partial charge in [0, 0.05) is 25.6 Å². The van der Waals surface area contributed by atoms with Gasteiger partial charge in [-0.25, -0.2) is 9.97 Å². The van der Waals surface area contributed by atoms with Crippen LogP contribution in [0.4, 0.5) is 0 Å². The smallest absolute Gasteiger partial charge is 0.115 e. The summed E-state index contributed by atoms with van der Waals surface area (Å²) in [4.78, 5) is 7.35. The van der Waals surface area contributed by atoms with Crippen molar-refractivity contribution in [3.8, 4) is 0 Å². The van der Waals surface area contributed by atoms with Crippen molar-refractivity contribution in [3.63, 3.8) is 0 Å². The van der Waals surface area contributed by atoms with Crippen LogP contribution in [0.2, 0.25) is 0 Å². The highest BCUT2D eigenvalue weighted by Gasteiger charge is 1.94. The van der Waals surface area contributed by atoms with Crippen LogP contribution in [0.25, 0.3) is 0 Å². The minimum Gasteiger partial charge on any atom is -0.381 e. The molecule has 0 unspecified atom stereocenters. The molecule has 0 spiro atoms. The lowest BCUT2D eigenvalue weighted by Crippen LogP contribution is -2.03. The first kappa shape index (κ1) is 9.13. The topological polar surface area (TPSA) is 35.0 Å². The molecule has 1 saturated heterocycles. The van der Waals surface area contributed by atoms with Gasteiger partial charge in [0.05, 0.1) is 0 Å². The summed E-state index contributed by atoms with van der Waals surface area (Å²) in [6.07, 6.45) is 8.81. The van der Waals surface area contributed by atoms with E-state index in [-0.39, 0.29) is 0 Å². The summed E-state index contributed by atoms with van der Waals surface area (Å²) >= 11 is 0. The lowest BCUT2D eigenvalue weighted by molar-refractivity contribution is 0.0968. The maximum absolute atomic E-state index is 5.07. The standard InChI is InChI=1S/C5H10O.C4H4N2/c1-2-4-6-5-3-1;1-2-5-4-6-3-1/h1-5H2;1-4H. The quantitative estimate of drug-likeness (QED) is 0.588. The average molecular weight is 166 g/mol. The Kier molecular flexibility index (Phi) is 5.12. The fourth-order valence-electron chi connectivity index (χ4n) is 0.940. The van der Waals surface area contributed by atoms with Crippen LogP contribution < -0.4 is 0 Å². The predicted octanol–water partition coefficient (Wildman–Crippen LogP) is 1.66. The van der Waals surface area contributed by atoms with E-state index < -0.39 is 0 Å². The van der Waals surface area contributed by atoms with Crippen molar-refractivity contribution < 1.29 is 4.74 Å². The van der Waals surface area contributed by atoms with Crippen molar-refractivity contribution in [3.05, 3.63) is 24.8 Å². The monoisotopic (exact) mass is 166 g/mol. The molecule has 3 nitrogen and oxygen atoms in total. The van der Waals surface area contributed by atoms with Crippen molar-refractivity contribution >= 4 is 0 Å². The summed E-state index contributed by atoms with van der Waals surface area (Å²) in [7, 11) is 0. The number of hydrogen-bond acceptors (Lipinski definition) is 3. The first-order chi connectivity index (χ1) is 6.00. The molecule has 1 aliphatic rings. The second-order valence-electron chi connectivity index (χ2n) is 2.58. The van der Waals surface area contributed by atoms with Crippen LogP contribution in [0, 0.1) is 0 Å². The van der Waals surface area contributed by atoms with Gasteiger partial charge in [-0.15, -0.1) is 0 Å². The van der Waals surface area contributed by atoms with Crippen molar-refractivity contribution in [1.29, 1.82) is 0 Å². The number of nitrogens with zero attached hydrogens (tertiary/aromatic N) is 2. The zero-order chi connectivity index (χ0) is 8.49. The number of rotatable bonds is 0. The molecule has 12 heavy (non-hydrogen) atoms. The van der Waals surface area contributed by atoms with Crippen LogP contribution in [0.1, 0.15) is 19.3 Å². The van der Waals surface area contributed by atoms with E-state index in [1.165, 1.54) is 25.6 Å². The van der Waals surface area contributed by atoms with Crippen molar-refractivity contribution in [2.45, 2.75) is 19.3 Å². The van der Waals surface area contributed by atoms with Gasteiger partial charge in [-0.3, -0.25) is 0 Å². The zero-order valence-electron chi connectivity index (χ0n) is 7.15. The highest BCUT2D eigenvalue weighted by molar-refractivity contribution is 4.74. The largest absolute Gasteiger partial charge is 0.381 e. The molecule has 0 amide bonds. The van der Waals surface area contributed by atoms with Crippen molar-refractivity contribution in [2.24, 2.45) is 0 Å². The van der Waals surface area contributed by atoms with Gasteiger partial charge in [-0.2, -0.15) is 0 Å². The highest BCUT2D eigenvalue weighted by Crippen LogP contribution is 2.02. The third-order valence-electron chi connectivity index (χ3n) is 1.55. The van der Waals surface area contributed by atoms with Crippen molar-refractivity contribution in [1.82, 2.24) is 9.97 Å². The predicted molar refractivity (Wildman–Crippen MR) is 46.7 cm³/mol. The van der Waals surface area contributed by atoms with E-state index in [4.69, 9.17) is 4.74 Å². The lowest BCUT2D eigenvalue weighted by Gasteiger charge is -2.08. The van der Waals surface area contributed by atoms with Gasteiger partial charge in [0.25, 0.3) is 0 Å². The number of aromatic nitrogens is 2. The van der Waals surface area contributed by atoms with Crippen LogP contribution in [-0.2, 0) is 4.74 Å². The normalized spacial score (nSPS) is 16.0. The molecule has 3 heteroatoms. The van der Waals surface area contributed by atoms with Gasteiger partial charge in [-0.1, -0.05) is 0 Å². The minimum absolute atomic E-state index is 1.00. The Hall–Kier alpha value is -0.960.